The molecule has 0 aliphatic heterocycles. The molecule has 1 aromatic heterocycles. The average Bonchev–Trinajstić information content (AvgIpc) is 2.97. The third-order valence-electron chi connectivity index (χ3n) is 4.27. The smallest absolute Gasteiger partial charge is 0.118 e. The van der Waals surface area contributed by atoms with Crippen LogP contribution in [-0.2, 0) is 19.5 Å². The molecular formula is C17H23N3O. The molecule has 0 amide bonds. The van der Waals surface area contributed by atoms with Crippen molar-refractivity contribution in [1.29, 1.82) is 0 Å². The molecule has 0 radical (unpaired) electrons. The number of nitrogens with zero attached hydrogens (tertiary/aromatic N) is 2. The number of methoxy groups -OCH3 is 1. The maximum Gasteiger partial charge on any atom is 0.118 e. The normalized spacial score (nSPS) is 17.5. The van der Waals surface area contributed by atoms with Crippen LogP contribution in [0.25, 0.3) is 0 Å². The van der Waals surface area contributed by atoms with Gasteiger partial charge in [0.1, 0.15) is 5.75 Å². The van der Waals surface area contributed by atoms with Crippen molar-refractivity contribution in [1.82, 2.24) is 15.1 Å². The highest BCUT2D eigenvalue weighted by Gasteiger charge is 2.23. The molecule has 4 nitrogen and oxygen atoms in total. The highest BCUT2D eigenvalue weighted by atomic mass is 16.5. The minimum Gasteiger partial charge on any atom is -0.497 e. The van der Waals surface area contributed by atoms with Gasteiger partial charge in [0.05, 0.1) is 13.3 Å². The van der Waals surface area contributed by atoms with Crippen molar-refractivity contribution in [3.63, 3.8) is 0 Å². The van der Waals surface area contributed by atoms with Gasteiger partial charge >= 0.3 is 0 Å². The first-order valence-electron chi connectivity index (χ1n) is 7.72. The summed E-state index contributed by atoms with van der Waals surface area (Å²) in [4.78, 5) is 0. The van der Waals surface area contributed by atoms with Gasteiger partial charge in [0.25, 0.3) is 0 Å². The van der Waals surface area contributed by atoms with Crippen LogP contribution >= 0.6 is 0 Å². The fraction of sp³-hybridized carbons (Fsp3) is 0.471. The van der Waals surface area contributed by atoms with Crippen molar-refractivity contribution in [2.24, 2.45) is 0 Å². The molecule has 0 bridgehead atoms. The van der Waals surface area contributed by atoms with Gasteiger partial charge in [-0.2, -0.15) is 5.10 Å². The lowest BCUT2D eigenvalue weighted by Crippen LogP contribution is -2.25. The summed E-state index contributed by atoms with van der Waals surface area (Å²) in [5.74, 6) is 0.905. The number of fused-ring (bicyclic) bond motifs is 1. The monoisotopic (exact) mass is 285 g/mol. The first-order valence-corrected chi connectivity index (χ1v) is 7.72. The van der Waals surface area contributed by atoms with Crippen LogP contribution in [0.15, 0.2) is 30.5 Å². The van der Waals surface area contributed by atoms with E-state index in [0.29, 0.717) is 6.04 Å². The van der Waals surface area contributed by atoms with E-state index in [2.05, 4.69) is 34.2 Å². The molecule has 1 atom stereocenters. The Morgan fingerprint density at radius 1 is 1.33 bits per heavy atom. The summed E-state index contributed by atoms with van der Waals surface area (Å²) in [6.07, 6.45) is 5.63. The van der Waals surface area contributed by atoms with Crippen LogP contribution in [0.3, 0.4) is 0 Å². The largest absolute Gasteiger partial charge is 0.497 e. The molecule has 0 saturated carbocycles. The fourth-order valence-corrected chi connectivity index (χ4v) is 3.09. The highest BCUT2D eigenvalue weighted by molar-refractivity contribution is 5.28. The number of benzene rings is 1. The summed E-state index contributed by atoms with van der Waals surface area (Å²) in [7, 11) is 1.70. The van der Waals surface area contributed by atoms with Gasteiger partial charge in [-0.05, 0) is 43.9 Å². The molecular weight excluding hydrogens is 262 g/mol. The molecule has 4 heteroatoms. The van der Waals surface area contributed by atoms with Crippen molar-refractivity contribution in [3.8, 4) is 5.75 Å². The number of rotatable bonds is 5. The predicted molar refractivity (Wildman–Crippen MR) is 83.4 cm³/mol. The van der Waals surface area contributed by atoms with Gasteiger partial charge in [0.2, 0.25) is 0 Å². The summed E-state index contributed by atoms with van der Waals surface area (Å²) >= 11 is 0. The van der Waals surface area contributed by atoms with Gasteiger partial charge in [-0.15, -0.1) is 0 Å². The molecule has 0 unspecified atom stereocenters. The summed E-state index contributed by atoms with van der Waals surface area (Å²) < 4.78 is 7.33. The van der Waals surface area contributed by atoms with Gasteiger partial charge in [-0.1, -0.05) is 12.1 Å². The minimum absolute atomic E-state index is 0.427. The third-order valence-corrected chi connectivity index (χ3v) is 4.27. The van der Waals surface area contributed by atoms with Crippen LogP contribution in [0.5, 0.6) is 5.75 Å². The second-order valence-corrected chi connectivity index (χ2v) is 5.54. The number of aryl methyl sites for hydroxylation is 1. The van der Waals surface area contributed by atoms with E-state index >= 15 is 0 Å². The van der Waals surface area contributed by atoms with Crippen molar-refractivity contribution in [2.75, 3.05) is 7.11 Å². The van der Waals surface area contributed by atoms with E-state index in [1.807, 2.05) is 18.3 Å². The van der Waals surface area contributed by atoms with Crippen LogP contribution in [0, 0.1) is 0 Å². The summed E-state index contributed by atoms with van der Waals surface area (Å²) in [6, 6.07) is 8.68. The maximum atomic E-state index is 5.19. The Hall–Kier alpha value is -1.81. The Kier molecular flexibility index (Phi) is 4.25. The molecule has 0 fully saturated rings. The van der Waals surface area contributed by atoms with Crippen LogP contribution in [-0.4, -0.2) is 16.9 Å². The van der Waals surface area contributed by atoms with E-state index in [9.17, 15) is 0 Å². The molecule has 21 heavy (non-hydrogen) atoms. The SMILES string of the molecule is CCn1ncc2c1CCC[C@H]2NCc1ccc(OC)cc1. The van der Waals surface area contributed by atoms with Crippen LogP contribution in [0.2, 0.25) is 0 Å². The standard InChI is InChI=1S/C17H23N3O/c1-3-20-17-6-4-5-16(15(17)12-19-20)18-11-13-7-9-14(21-2)10-8-13/h7-10,12,16,18H,3-6,11H2,1-2H3/t16-/m1/s1. The van der Waals surface area contributed by atoms with E-state index in [1.165, 1.54) is 29.7 Å². The van der Waals surface area contributed by atoms with Gasteiger partial charge < -0.3 is 10.1 Å². The molecule has 1 aliphatic rings. The fourth-order valence-electron chi connectivity index (χ4n) is 3.09. The summed E-state index contributed by atoms with van der Waals surface area (Å²) in [5.41, 5.74) is 4.08. The molecule has 2 aromatic rings. The first kappa shape index (κ1) is 14.1. The molecule has 0 saturated heterocycles. The number of ether oxygens (including phenoxy) is 1. The maximum absolute atomic E-state index is 5.19. The van der Waals surface area contributed by atoms with Gasteiger partial charge in [0.15, 0.2) is 0 Å². The zero-order valence-electron chi connectivity index (χ0n) is 12.8. The zero-order valence-corrected chi connectivity index (χ0v) is 12.8. The van der Waals surface area contributed by atoms with Crippen LogP contribution in [0.1, 0.15) is 42.6 Å². The second-order valence-electron chi connectivity index (χ2n) is 5.54. The first-order chi connectivity index (χ1) is 10.3. The lowest BCUT2D eigenvalue weighted by molar-refractivity contribution is 0.414. The second kappa shape index (κ2) is 6.31. The van der Waals surface area contributed by atoms with Crippen molar-refractivity contribution in [2.45, 2.75) is 45.3 Å². The Bertz CT molecular complexity index is 589. The number of hydrogen-bond acceptors (Lipinski definition) is 3. The highest BCUT2D eigenvalue weighted by Crippen LogP contribution is 2.29. The van der Waals surface area contributed by atoms with E-state index in [-0.39, 0.29) is 0 Å². The Labute approximate surface area is 126 Å². The number of aromatic nitrogens is 2. The predicted octanol–water partition coefficient (Wildman–Crippen LogP) is 3.08. The quantitative estimate of drug-likeness (QED) is 0.917. The van der Waals surface area contributed by atoms with E-state index in [0.717, 1.165) is 25.3 Å². The third kappa shape index (κ3) is 2.95. The van der Waals surface area contributed by atoms with Crippen LogP contribution in [0.4, 0.5) is 0 Å². The topological polar surface area (TPSA) is 39.1 Å². The summed E-state index contributed by atoms with van der Waals surface area (Å²) in [5, 5.41) is 8.18. The van der Waals surface area contributed by atoms with Crippen molar-refractivity contribution >= 4 is 0 Å². The van der Waals surface area contributed by atoms with Gasteiger partial charge in [-0.25, -0.2) is 0 Å². The van der Waals surface area contributed by atoms with E-state index in [1.54, 1.807) is 7.11 Å². The Morgan fingerprint density at radius 2 is 2.14 bits per heavy atom. The molecule has 0 spiro atoms. The van der Waals surface area contributed by atoms with Crippen molar-refractivity contribution < 1.29 is 4.74 Å². The molecule has 1 N–H and O–H groups in total. The van der Waals surface area contributed by atoms with E-state index in [4.69, 9.17) is 4.74 Å². The number of hydrogen-bond donors (Lipinski definition) is 1. The molecule has 112 valence electrons. The Balaban J connectivity index is 1.67. The van der Waals surface area contributed by atoms with Crippen molar-refractivity contribution in [3.05, 3.63) is 47.3 Å². The van der Waals surface area contributed by atoms with Crippen LogP contribution < -0.4 is 10.1 Å². The number of nitrogens with one attached hydrogen (secondary N) is 1. The van der Waals surface area contributed by atoms with Gasteiger partial charge in [0, 0.05) is 30.4 Å². The molecule has 1 aliphatic carbocycles. The van der Waals surface area contributed by atoms with E-state index < -0.39 is 0 Å². The lowest BCUT2D eigenvalue weighted by atomic mass is 9.93. The minimum atomic E-state index is 0.427. The molecule has 1 aromatic carbocycles. The molecule has 3 rings (SSSR count). The average molecular weight is 285 g/mol. The van der Waals surface area contributed by atoms with Gasteiger partial charge in [-0.3, -0.25) is 4.68 Å². The lowest BCUT2D eigenvalue weighted by Gasteiger charge is -2.24. The Morgan fingerprint density at radius 3 is 2.86 bits per heavy atom. The summed E-state index contributed by atoms with van der Waals surface area (Å²) in [6.45, 7) is 3.99. The molecule has 1 heterocycles. The zero-order chi connectivity index (χ0) is 14.7.